The number of aromatic nitrogens is 4. The Labute approximate surface area is 98.3 Å². The lowest BCUT2D eigenvalue weighted by Crippen LogP contribution is -2.29. The van der Waals surface area contributed by atoms with Gasteiger partial charge in [0.2, 0.25) is 0 Å². The maximum Gasteiger partial charge on any atom is 0.257 e. The molecule has 3 heterocycles. The normalized spacial score (nSPS) is 15.7. The van der Waals surface area contributed by atoms with Crippen LogP contribution in [-0.2, 0) is 0 Å². The number of fused-ring (bicyclic) bond motifs is 1. The monoisotopic (exact) mass is 231 g/mol. The highest BCUT2D eigenvalue weighted by Gasteiger charge is 2.22. The SMILES string of the molecule is Cc1c(C(=O)N2CCCC2)cnc2ncnn12. The number of hydrogen-bond donors (Lipinski definition) is 0. The minimum atomic E-state index is 0.0462. The fourth-order valence-corrected chi connectivity index (χ4v) is 2.19. The van der Waals surface area contributed by atoms with Crippen molar-refractivity contribution in [3.63, 3.8) is 0 Å². The van der Waals surface area contributed by atoms with Crippen LogP contribution in [0.4, 0.5) is 0 Å². The second-order valence-corrected chi connectivity index (χ2v) is 4.23. The summed E-state index contributed by atoms with van der Waals surface area (Å²) in [7, 11) is 0. The van der Waals surface area contributed by atoms with E-state index >= 15 is 0 Å². The van der Waals surface area contributed by atoms with Gasteiger partial charge >= 0.3 is 0 Å². The molecule has 0 aliphatic carbocycles. The van der Waals surface area contributed by atoms with Crippen molar-refractivity contribution in [2.24, 2.45) is 0 Å². The number of hydrogen-bond acceptors (Lipinski definition) is 4. The van der Waals surface area contributed by atoms with Gasteiger partial charge in [-0.3, -0.25) is 4.79 Å². The van der Waals surface area contributed by atoms with Gasteiger partial charge in [-0.05, 0) is 19.8 Å². The lowest BCUT2D eigenvalue weighted by Gasteiger charge is -2.16. The number of aryl methyl sites for hydroxylation is 1. The number of nitrogens with zero attached hydrogens (tertiary/aromatic N) is 5. The average molecular weight is 231 g/mol. The number of rotatable bonds is 1. The molecule has 1 amide bonds. The van der Waals surface area contributed by atoms with Gasteiger partial charge in [0.05, 0.1) is 11.3 Å². The summed E-state index contributed by atoms with van der Waals surface area (Å²) in [6, 6.07) is 0. The van der Waals surface area contributed by atoms with Crippen molar-refractivity contribution in [1.29, 1.82) is 0 Å². The van der Waals surface area contributed by atoms with Crippen LogP contribution in [0, 0.1) is 6.92 Å². The van der Waals surface area contributed by atoms with Gasteiger partial charge in [0.15, 0.2) is 0 Å². The zero-order chi connectivity index (χ0) is 11.8. The van der Waals surface area contributed by atoms with E-state index in [0.29, 0.717) is 11.3 Å². The molecule has 1 aliphatic heterocycles. The van der Waals surface area contributed by atoms with Crippen molar-refractivity contribution in [3.8, 4) is 0 Å². The number of likely N-dealkylation sites (tertiary alicyclic amines) is 1. The summed E-state index contributed by atoms with van der Waals surface area (Å²) in [5.74, 6) is 0.574. The zero-order valence-corrected chi connectivity index (χ0v) is 9.63. The van der Waals surface area contributed by atoms with E-state index in [0.717, 1.165) is 31.6 Å². The zero-order valence-electron chi connectivity index (χ0n) is 9.63. The lowest BCUT2D eigenvalue weighted by molar-refractivity contribution is 0.0791. The molecule has 0 aromatic carbocycles. The Balaban J connectivity index is 2.04. The summed E-state index contributed by atoms with van der Waals surface area (Å²) in [6.45, 7) is 3.55. The summed E-state index contributed by atoms with van der Waals surface area (Å²) in [5.41, 5.74) is 1.41. The number of carbonyl (C=O) groups excluding carboxylic acids is 1. The molecule has 1 saturated heterocycles. The van der Waals surface area contributed by atoms with Gasteiger partial charge in [-0.15, -0.1) is 0 Å². The quantitative estimate of drug-likeness (QED) is 0.723. The van der Waals surface area contributed by atoms with Crippen LogP contribution in [0.5, 0.6) is 0 Å². The Kier molecular flexibility index (Phi) is 2.28. The molecule has 6 heteroatoms. The molecular formula is C11H13N5O. The van der Waals surface area contributed by atoms with Crippen molar-refractivity contribution in [2.45, 2.75) is 19.8 Å². The fourth-order valence-electron chi connectivity index (χ4n) is 2.19. The van der Waals surface area contributed by atoms with E-state index in [1.165, 1.54) is 6.33 Å². The molecule has 0 N–H and O–H groups in total. The molecule has 0 spiro atoms. The Morgan fingerprint density at radius 1 is 1.29 bits per heavy atom. The second kappa shape index (κ2) is 3.80. The molecule has 0 bridgehead atoms. The third-order valence-corrected chi connectivity index (χ3v) is 3.17. The molecule has 1 fully saturated rings. The van der Waals surface area contributed by atoms with Gasteiger partial charge in [0, 0.05) is 19.3 Å². The molecule has 0 unspecified atom stereocenters. The number of amides is 1. The van der Waals surface area contributed by atoms with Crippen LogP contribution < -0.4 is 0 Å². The molecule has 3 rings (SSSR count). The van der Waals surface area contributed by atoms with E-state index in [1.807, 2.05) is 11.8 Å². The molecule has 17 heavy (non-hydrogen) atoms. The fraction of sp³-hybridized carbons (Fsp3) is 0.455. The topological polar surface area (TPSA) is 63.4 Å². The van der Waals surface area contributed by atoms with Gasteiger partial charge in [-0.25, -0.2) is 9.50 Å². The molecule has 2 aromatic rings. The molecule has 0 radical (unpaired) electrons. The third-order valence-electron chi connectivity index (χ3n) is 3.17. The van der Waals surface area contributed by atoms with Crippen LogP contribution in [0.2, 0.25) is 0 Å². The predicted molar refractivity (Wildman–Crippen MR) is 60.7 cm³/mol. The van der Waals surface area contributed by atoms with Crippen LogP contribution in [0.25, 0.3) is 5.78 Å². The summed E-state index contributed by atoms with van der Waals surface area (Å²) in [6.07, 6.45) is 5.22. The third kappa shape index (κ3) is 1.56. The highest BCUT2D eigenvalue weighted by atomic mass is 16.2. The lowest BCUT2D eigenvalue weighted by atomic mass is 10.2. The van der Waals surface area contributed by atoms with Gasteiger partial charge in [-0.1, -0.05) is 0 Å². The van der Waals surface area contributed by atoms with Crippen molar-refractivity contribution >= 4 is 11.7 Å². The maximum atomic E-state index is 12.3. The van der Waals surface area contributed by atoms with Crippen molar-refractivity contribution < 1.29 is 4.79 Å². The molecule has 0 saturated carbocycles. The first kappa shape index (κ1) is 10.2. The molecule has 0 atom stereocenters. The minimum absolute atomic E-state index is 0.0462. The molecular weight excluding hydrogens is 218 g/mol. The van der Waals surface area contributed by atoms with E-state index in [4.69, 9.17) is 0 Å². The van der Waals surface area contributed by atoms with E-state index in [1.54, 1.807) is 10.7 Å². The highest BCUT2D eigenvalue weighted by molar-refractivity contribution is 5.95. The van der Waals surface area contributed by atoms with Crippen molar-refractivity contribution in [1.82, 2.24) is 24.5 Å². The van der Waals surface area contributed by atoms with Gasteiger partial charge in [0.1, 0.15) is 6.33 Å². The summed E-state index contributed by atoms with van der Waals surface area (Å²) < 4.78 is 1.60. The summed E-state index contributed by atoms with van der Waals surface area (Å²) in [5, 5.41) is 4.06. The van der Waals surface area contributed by atoms with Crippen LogP contribution in [0.3, 0.4) is 0 Å². The van der Waals surface area contributed by atoms with Crippen LogP contribution in [0.1, 0.15) is 28.9 Å². The predicted octanol–water partition coefficient (Wildman–Crippen LogP) is 0.669. The van der Waals surface area contributed by atoms with E-state index in [2.05, 4.69) is 15.1 Å². The smallest absolute Gasteiger partial charge is 0.257 e. The molecule has 6 nitrogen and oxygen atoms in total. The first-order valence-corrected chi connectivity index (χ1v) is 5.72. The van der Waals surface area contributed by atoms with Gasteiger partial charge in [-0.2, -0.15) is 10.1 Å². The van der Waals surface area contributed by atoms with Crippen molar-refractivity contribution in [2.75, 3.05) is 13.1 Å². The first-order chi connectivity index (χ1) is 8.27. The van der Waals surface area contributed by atoms with E-state index in [9.17, 15) is 4.79 Å². The van der Waals surface area contributed by atoms with Crippen LogP contribution in [0.15, 0.2) is 12.5 Å². The van der Waals surface area contributed by atoms with Crippen molar-refractivity contribution in [3.05, 3.63) is 23.8 Å². The second-order valence-electron chi connectivity index (χ2n) is 4.23. The van der Waals surface area contributed by atoms with E-state index < -0.39 is 0 Å². The Morgan fingerprint density at radius 2 is 2.06 bits per heavy atom. The highest BCUT2D eigenvalue weighted by Crippen LogP contribution is 2.15. The largest absolute Gasteiger partial charge is 0.339 e. The Hall–Kier alpha value is -1.98. The first-order valence-electron chi connectivity index (χ1n) is 5.72. The Morgan fingerprint density at radius 3 is 2.82 bits per heavy atom. The maximum absolute atomic E-state index is 12.3. The number of carbonyl (C=O) groups is 1. The van der Waals surface area contributed by atoms with Crippen LogP contribution >= 0.6 is 0 Å². The van der Waals surface area contributed by atoms with Gasteiger partial charge < -0.3 is 4.90 Å². The average Bonchev–Trinajstić information content (AvgIpc) is 3.00. The molecule has 88 valence electrons. The van der Waals surface area contributed by atoms with E-state index in [-0.39, 0.29) is 5.91 Å². The summed E-state index contributed by atoms with van der Waals surface area (Å²) >= 11 is 0. The molecule has 1 aliphatic rings. The molecule has 2 aromatic heterocycles. The van der Waals surface area contributed by atoms with Gasteiger partial charge in [0.25, 0.3) is 11.7 Å². The summed E-state index contributed by atoms with van der Waals surface area (Å²) in [4.78, 5) is 22.3. The minimum Gasteiger partial charge on any atom is -0.339 e. The Bertz CT molecular complexity index is 570. The van der Waals surface area contributed by atoms with Crippen LogP contribution in [-0.4, -0.2) is 43.5 Å². The standard InChI is InChI=1S/C11H13N5O/c1-8-9(10(17)15-4-2-3-5-15)6-12-11-13-7-14-16(8)11/h6-7H,2-5H2,1H3.